The van der Waals surface area contributed by atoms with Gasteiger partial charge >= 0.3 is 0 Å². The monoisotopic (exact) mass is 240 g/mol. The van der Waals surface area contributed by atoms with Crippen molar-refractivity contribution in [3.8, 4) is 6.07 Å². The zero-order valence-electron chi connectivity index (χ0n) is 7.20. The topological polar surface area (TPSA) is 45.9 Å². The SMILES string of the molecule is CCOC(C#N)c1cncc(Br)c1. The van der Waals surface area contributed by atoms with Crippen LogP contribution in [0.25, 0.3) is 0 Å². The molecule has 1 aromatic rings. The van der Waals surface area contributed by atoms with Crippen LogP contribution in [0.3, 0.4) is 0 Å². The molecule has 0 spiro atoms. The van der Waals surface area contributed by atoms with Gasteiger partial charge in [0.2, 0.25) is 0 Å². The van der Waals surface area contributed by atoms with E-state index in [-0.39, 0.29) is 0 Å². The van der Waals surface area contributed by atoms with Crippen molar-refractivity contribution >= 4 is 15.9 Å². The molecule has 1 heterocycles. The summed E-state index contributed by atoms with van der Waals surface area (Å²) in [5, 5.41) is 8.78. The first-order valence-electron chi connectivity index (χ1n) is 3.89. The minimum Gasteiger partial charge on any atom is -0.359 e. The van der Waals surface area contributed by atoms with Crippen LogP contribution < -0.4 is 0 Å². The highest BCUT2D eigenvalue weighted by molar-refractivity contribution is 9.10. The van der Waals surface area contributed by atoms with Crippen molar-refractivity contribution < 1.29 is 4.74 Å². The summed E-state index contributed by atoms with van der Waals surface area (Å²) < 4.78 is 6.06. The molecule has 0 saturated heterocycles. The Bertz CT molecular complexity index is 322. The Morgan fingerprint density at radius 2 is 2.46 bits per heavy atom. The van der Waals surface area contributed by atoms with Gasteiger partial charge in [-0.1, -0.05) is 0 Å². The van der Waals surface area contributed by atoms with Crippen LogP contribution in [0.1, 0.15) is 18.6 Å². The molecule has 0 N–H and O–H groups in total. The summed E-state index contributed by atoms with van der Waals surface area (Å²) in [5.74, 6) is 0. The highest BCUT2D eigenvalue weighted by atomic mass is 79.9. The quantitative estimate of drug-likeness (QED) is 0.816. The van der Waals surface area contributed by atoms with E-state index in [1.165, 1.54) is 0 Å². The lowest BCUT2D eigenvalue weighted by molar-refractivity contribution is 0.102. The van der Waals surface area contributed by atoms with E-state index < -0.39 is 6.10 Å². The number of halogens is 1. The second-order valence-corrected chi connectivity index (χ2v) is 3.32. The summed E-state index contributed by atoms with van der Waals surface area (Å²) in [5.41, 5.74) is 0.777. The van der Waals surface area contributed by atoms with E-state index in [0.717, 1.165) is 10.0 Å². The Balaban J connectivity index is 2.86. The van der Waals surface area contributed by atoms with Crippen LogP contribution in [0.2, 0.25) is 0 Å². The van der Waals surface area contributed by atoms with Gasteiger partial charge in [-0.05, 0) is 28.9 Å². The molecule has 0 aliphatic carbocycles. The fourth-order valence-electron chi connectivity index (χ4n) is 0.946. The molecule has 0 saturated carbocycles. The van der Waals surface area contributed by atoms with Crippen LogP contribution in [0, 0.1) is 11.3 Å². The van der Waals surface area contributed by atoms with Crippen molar-refractivity contribution in [1.29, 1.82) is 5.26 Å². The first-order valence-corrected chi connectivity index (χ1v) is 4.69. The molecule has 13 heavy (non-hydrogen) atoms. The van der Waals surface area contributed by atoms with Crippen LogP contribution in [0.4, 0.5) is 0 Å². The van der Waals surface area contributed by atoms with E-state index in [1.54, 1.807) is 12.4 Å². The summed E-state index contributed by atoms with van der Waals surface area (Å²) >= 11 is 3.28. The Hall–Kier alpha value is -0.920. The van der Waals surface area contributed by atoms with Gasteiger partial charge in [0.15, 0.2) is 6.10 Å². The third-order valence-corrected chi connectivity index (χ3v) is 1.91. The fraction of sp³-hybridized carbons (Fsp3) is 0.333. The van der Waals surface area contributed by atoms with E-state index in [1.807, 2.05) is 13.0 Å². The molecule has 1 atom stereocenters. The highest BCUT2D eigenvalue weighted by Gasteiger charge is 2.09. The molecule has 1 aromatic heterocycles. The van der Waals surface area contributed by atoms with Crippen molar-refractivity contribution in [2.24, 2.45) is 0 Å². The van der Waals surface area contributed by atoms with Gasteiger partial charge in [0.05, 0.1) is 6.07 Å². The number of nitrogens with zero attached hydrogens (tertiary/aromatic N) is 2. The zero-order chi connectivity index (χ0) is 9.68. The third-order valence-electron chi connectivity index (χ3n) is 1.48. The first-order chi connectivity index (χ1) is 6.27. The molecular formula is C9H9BrN2O. The number of hydrogen-bond acceptors (Lipinski definition) is 3. The molecule has 0 fully saturated rings. The predicted molar refractivity (Wildman–Crippen MR) is 51.9 cm³/mol. The maximum atomic E-state index is 8.78. The van der Waals surface area contributed by atoms with Gasteiger partial charge in [-0.3, -0.25) is 4.98 Å². The third kappa shape index (κ3) is 2.79. The maximum absolute atomic E-state index is 8.78. The summed E-state index contributed by atoms with van der Waals surface area (Å²) in [6.45, 7) is 2.38. The maximum Gasteiger partial charge on any atom is 0.170 e. The van der Waals surface area contributed by atoms with Crippen molar-refractivity contribution in [2.75, 3.05) is 6.61 Å². The van der Waals surface area contributed by atoms with Crippen molar-refractivity contribution in [3.05, 3.63) is 28.5 Å². The summed E-state index contributed by atoms with van der Waals surface area (Å²) in [7, 11) is 0. The van der Waals surface area contributed by atoms with E-state index in [9.17, 15) is 0 Å². The minimum atomic E-state index is -0.519. The van der Waals surface area contributed by atoms with Gasteiger partial charge in [-0.15, -0.1) is 0 Å². The molecule has 0 bridgehead atoms. The van der Waals surface area contributed by atoms with E-state index in [4.69, 9.17) is 10.00 Å². The van der Waals surface area contributed by atoms with Crippen molar-refractivity contribution in [3.63, 3.8) is 0 Å². The molecular weight excluding hydrogens is 232 g/mol. The summed E-state index contributed by atoms with van der Waals surface area (Å²) in [6, 6.07) is 3.89. The Morgan fingerprint density at radius 3 is 3.00 bits per heavy atom. The minimum absolute atomic E-state index is 0.519. The zero-order valence-corrected chi connectivity index (χ0v) is 8.78. The number of pyridine rings is 1. The molecule has 4 heteroatoms. The number of aromatic nitrogens is 1. The highest BCUT2D eigenvalue weighted by Crippen LogP contribution is 2.18. The number of hydrogen-bond donors (Lipinski definition) is 0. The smallest absolute Gasteiger partial charge is 0.170 e. The van der Waals surface area contributed by atoms with E-state index >= 15 is 0 Å². The predicted octanol–water partition coefficient (Wildman–Crippen LogP) is 2.45. The Morgan fingerprint density at radius 1 is 1.69 bits per heavy atom. The second kappa shape index (κ2) is 4.95. The molecule has 0 amide bonds. The second-order valence-electron chi connectivity index (χ2n) is 2.40. The van der Waals surface area contributed by atoms with Gasteiger partial charge in [0, 0.05) is 29.0 Å². The molecule has 0 aliphatic rings. The van der Waals surface area contributed by atoms with Crippen molar-refractivity contribution in [2.45, 2.75) is 13.0 Å². The van der Waals surface area contributed by atoms with E-state index in [2.05, 4.69) is 27.0 Å². The lowest BCUT2D eigenvalue weighted by Gasteiger charge is -2.08. The number of rotatable bonds is 3. The lowest BCUT2D eigenvalue weighted by atomic mass is 10.2. The number of nitriles is 1. The van der Waals surface area contributed by atoms with Gasteiger partial charge in [-0.2, -0.15) is 5.26 Å². The van der Waals surface area contributed by atoms with Gasteiger partial charge < -0.3 is 4.74 Å². The first kappa shape index (κ1) is 10.2. The average molecular weight is 241 g/mol. The Labute approximate surface area is 85.5 Å². The largest absolute Gasteiger partial charge is 0.359 e. The standard InChI is InChI=1S/C9H9BrN2O/c1-2-13-9(4-11)7-3-8(10)6-12-5-7/h3,5-6,9H,2H2,1H3. The number of ether oxygens (including phenoxy) is 1. The molecule has 1 rings (SSSR count). The molecule has 0 radical (unpaired) electrons. The normalized spacial score (nSPS) is 12.1. The lowest BCUT2D eigenvalue weighted by Crippen LogP contribution is -2.01. The molecule has 3 nitrogen and oxygen atoms in total. The van der Waals surface area contributed by atoms with Crippen LogP contribution >= 0.6 is 15.9 Å². The summed E-state index contributed by atoms with van der Waals surface area (Å²) in [6.07, 6.45) is 2.79. The van der Waals surface area contributed by atoms with Crippen LogP contribution in [0.15, 0.2) is 22.9 Å². The molecule has 0 aliphatic heterocycles. The van der Waals surface area contributed by atoms with E-state index in [0.29, 0.717) is 6.61 Å². The molecule has 0 aromatic carbocycles. The van der Waals surface area contributed by atoms with Crippen LogP contribution in [0.5, 0.6) is 0 Å². The van der Waals surface area contributed by atoms with Gasteiger partial charge in [0.25, 0.3) is 0 Å². The van der Waals surface area contributed by atoms with Gasteiger partial charge in [-0.25, -0.2) is 0 Å². The average Bonchev–Trinajstić information content (AvgIpc) is 2.14. The molecule has 1 unspecified atom stereocenters. The van der Waals surface area contributed by atoms with Crippen LogP contribution in [-0.2, 0) is 4.74 Å². The van der Waals surface area contributed by atoms with Crippen molar-refractivity contribution in [1.82, 2.24) is 4.98 Å². The van der Waals surface area contributed by atoms with Crippen LogP contribution in [-0.4, -0.2) is 11.6 Å². The fourth-order valence-corrected chi connectivity index (χ4v) is 1.33. The summed E-state index contributed by atoms with van der Waals surface area (Å²) in [4.78, 5) is 3.96. The van der Waals surface area contributed by atoms with Gasteiger partial charge in [0.1, 0.15) is 0 Å². The molecule has 68 valence electrons. The Kier molecular flexibility index (Phi) is 3.87.